The van der Waals surface area contributed by atoms with E-state index in [1.807, 2.05) is 0 Å². The van der Waals surface area contributed by atoms with Gasteiger partial charge in [0.1, 0.15) is 0 Å². The van der Waals surface area contributed by atoms with Crippen LogP contribution in [0.15, 0.2) is 71.3 Å². The van der Waals surface area contributed by atoms with Gasteiger partial charge in [-0.15, -0.1) is 0 Å². The van der Waals surface area contributed by atoms with E-state index in [0.717, 1.165) is 17.7 Å². The van der Waals surface area contributed by atoms with E-state index in [-0.39, 0.29) is 36.2 Å². The first kappa shape index (κ1) is 24.8. The summed E-state index contributed by atoms with van der Waals surface area (Å²) in [5.41, 5.74) is 2.73. The Bertz CT molecular complexity index is 1370. The Morgan fingerprint density at radius 3 is 2.44 bits per heavy atom. The molecule has 4 aromatic rings. The fraction of sp³-hybridized carbons (Fsp3) is 0.192. The number of anilines is 1. The van der Waals surface area contributed by atoms with Crippen LogP contribution in [0, 0.1) is 13.8 Å². The fourth-order valence-electron chi connectivity index (χ4n) is 3.73. The summed E-state index contributed by atoms with van der Waals surface area (Å²) in [4.78, 5) is 24.6. The molecule has 0 saturated carbocycles. The highest BCUT2D eigenvalue weighted by atomic mass is 19.4. The molecule has 2 amide bonds. The number of carbonyl (C=O) groups is 2. The van der Waals surface area contributed by atoms with Crippen molar-refractivity contribution in [3.8, 4) is 5.69 Å². The molecule has 0 bridgehead atoms. The van der Waals surface area contributed by atoms with E-state index in [1.54, 1.807) is 56.3 Å². The van der Waals surface area contributed by atoms with Gasteiger partial charge in [0.05, 0.1) is 29.6 Å². The van der Waals surface area contributed by atoms with Crippen LogP contribution in [0.5, 0.6) is 0 Å². The van der Waals surface area contributed by atoms with Gasteiger partial charge < -0.3 is 15.1 Å². The van der Waals surface area contributed by atoms with Gasteiger partial charge in [0.15, 0.2) is 5.76 Å². The van der Waals surface area contributed by atoms with Gasteiger partial charge in [0.2, 0.25) is 5.91 Å². The highest BCUT2D eigenvalue weighted by Gasteiger charge is 2.30. The van der Waals surface area contributed by atoms with Gasteiger partial charge >= 0.3 is 6.18 Å². The zero-order chi connectivity index (χ0) is 25.9. The van der Waals surface area contributed by atoms with E-state index >= 15 is 0 Å². The van der Waals surface area contributed by atoms with Crippen LogP contribution in [0.2, 0.25) is 0 Å². The molecule has 186 valence electrons. The zero-order valence-corrected chi connectivity index (χ0v) is 19.5. The zero-order valence-electron chi connectivity index (χ0n) is 19.5. The van der Waals surface area contributed by atoms with Crippen molar-refractivity contribution in [1.29, 1.82) is 0 Å². The summed E-state index contributed by atoms with van der Waals surface area (Å²) in [6, 6.07) is 15.1. The van der Waals surface area contributed by atoms with Crippen molar-refractivity contribution in [2.24, 2.45) is 0 Å². The molecule has 0 radical (unpaired) electrons. The number of nitrogens with one attached hydrogen (secondary N) is 2. The predicted molar refractivity (Wildman–Crippen MR) is 127 cm³/mol. The lowest BCUT2D eigenvalue weighted by Crippen LogP contribution is -2.25. The van der Waals surface area contributed by atoms with Crippen LogP contribution in [-0.4, -0.2) is 21.6 Å². The van der Waals surface area contributed by atoms with E-state index in [4.69, 9.17) is 4.42 Å². The van der Waals surface area contributed by atoms with Crippen LogP contribution < -0.4 is 10.6 Å². The van der Waals surface area contributed by atoms with E-state index < -0.39 is 11.7 Å². The second-order valence-electron chi connectivity index (χ2n) is 8.19. The molecule has 4 rings (SSSR count). The minimum atomic E-state index is -4.46. The monoisotopic (exact) mass is 496 g/mol. The number of benzene rings is 2. The SMILES string of the molecule is Cc1nn(-c2cccc(C(F)(F)F)c2)c(C)c1CC(=O)NCc1ccc(NC(=O)c2ccco2)cc1. The van der Waals surface area contributed by atoms with E-state index in [1.165, 1.54) is 17.0 Å². The summed E-state index contributed by atoms with van der Waals surface area (Å²) in [5.74, 6) is -0.411. The van der Waals surface area contributed by atoms with Gasteiger partial charge in [0.25, 0.3) is 5.91 Å². The molecular formula is C26H23F3N4O3. The van der Waals surface area contributed by atoms with Crippen molar-refractivity contribution >= 4 is 17.5 Å². The standard InChI is InChI=1S/C26H23F3N4O3/c1-16-22(17(2)33(32-16)21-6-3-5-19(13-21)26(27,28)29)14-24(34)30-15-18-8-10-20(11-9-18)31-25(35)23-7-4-12-36-23/h3-13H,14-15H2,1-2H3,(H,30,34)(H,31,35). The third-order valence-corrected chi connectivity index (χ3v) is 5.64. The quantitative estimate of drug-likeness (QED) is 0.368. The highest BCUT2D eigenvalue weighted by molar-refractivity contribution is 6.02. The number of rotatable bonds is 7. The lowest BCUT2D eigenvalue weighted by atomic mass is 10.1. The third kappa shape index (κ3) is 5.65. The molecule has 2 aromatic carbocycles. The maximum Gasteiger partial charge on any atom is 0.416 e. The van der Waals surface area contributed by atoms with Gasteiger partial charge in [-0.25, -0.2) is 4.68 Å². The molecule has 2 aromatic heterocycles. The number of halogens is 3. The van der Waals surface area contributed by atoms with Crippen LogP contribution in [0.1, 0.15) is 38.6 Å². The van der Waals surface area contributed by atoms with Gasteiger partial charge in [-0.2, -0.15) is 18.3 Å². The smallest absolute Gasteiger partial charge is 0.416 e. The second kappa shape index (κ2) is 10.1. The number of alkyl halides is 3. The molecule has 2 heterocycles. The van der Waals surface area contributed by atoms with Crippen LogP contribution in [0.3, 0.4) is 0 Å². The van der Waals surface area contributed by atoms with Gasteiger partial charge in [-0.1, -0.05) is 18.2 Å². The lowest BCUT2D eigenvalue weighted by molar-refractivity contribution is -0.137. The molecule has 0 fully saturated rings. The average Bonchev–Trinajstić information content (AvgIpc) is 3.48. The van der Waals surface area contributed by atoms with Crippen LogP contribution in [0.25, 0.3) is 5.69 Å². The maximum absolute atomic E-state index is 13.1. The molecule has 0 aliphatic carbocycles. The van der Waals surface area contributed by atoms with E-state index in [9.17, 15) is 22.8 Å². The third-order valence-electron chi connectivity index (χ3n) is 5.64. The number of hydrogen-bond acceptors (Lipinski definition) is 4. The molecule has 36 heavy (non-hydrogen) atoms. The Kier molecular flexibility index (Phi) is 6.96. The Morgan fingerprint density at radius 1 is 1.03 bits per heavy atom. The van der Waals surface area contributed by atoms with Crippen molar-refractivity contribution in [2.75, 3.05) is 5.32 Å². The number of amides is 2. The summed E-state index contributed by atoms with van der Waals surface area (Å²) in [5, 5.41) is 9.91. The number of furan rings is 1. The molecule has 0 spiro atoms. The number of carbonyl (C=O) groups excluding carboxylic acids is 2. The number of aromatic nitrogens is 2. The van der Waals surface area contributed by atoms with Crippen molar-refractivity contribution in [3.05, 3.63) is 101 Å². The van der Waals surface area contributed by atoms with Gasteiger partial charge in [0, 0.05) is 23.5 Å². The lowest BCUT2D eigenvalue weighted by Gasteiger charge is -2.10. The summed E-state index contributed by atoms with van der Waals surface area (Å²) < 4.78 is 45.8. The first-order chi connectivity index (χ1) is 17.1. The van der Waals surface area contributed by atoms with E-state index in [0.29, 0.717) is 22.6 Å². The van der Waals surface area contributed by atoms with Crippen molar-refractivity contribution in [3.63, 3.8) is 0 Å². The summed E-state index contributed by atoms with van der Waals surface area (Å²) >= 11 is 0. The molecule has 0 saturated heterocycles. The highest BCUT2D eigenvalue weighted by Crippen LogP contribution is 2.31. The van der Waals surface area contributed by atoms with E-state index in [2.05, 4.69) is 15.7 Å². The first-order valence-corrected chi connectivity index (χ1v) is 11.0. The predicted octanol–water partition coefficient (Wildman–Crippen LogP) is 5.21. The van der Waals surface area contributed by atoms with Crippen molar-refractivity contribution in [1.82, 2.24) is 15.1 Å². The van der Waals surface area contributed by atoms with Crippen LogP contribution in [0.4, 0.5) is 18.9 Å². The molecule has 2 N–H and O–H groups in total. The summed E-state index contributed by atoms with van der Waals surface area (Å²) in [7, 11) is 0. The molecule has 10 heteroatoms. The molecule has 0 atom stereocenters. The molecular weight excluding hydrogens is 473 g/mol. The first-order valence-electron chi connectivity index (χ1n) is 11.0. The minimum Gasteiger partial charge on any atom is -0.459 e. The second-order valence-corrected chi connectivity index (χ2v) is 8.19. The Morgan fingerprint density at radius 2 is 1.78 bits per heavy atom. The van der Waals surface area contributed by atoms with Crippen LogP contribution >= 0.6 is 0 Å². The number of hydrogen-bond donors (Lipinski definition) is 2. The molecule has 0 aliphatic rings. The molecule has 0 aliphatic heterocycles. The topological polar surface area (TPSA) is 89.2 Å². The minimum absolute atomic E-state index is 0.0356. The Balaban J connectivity index is 1.37. The van der Waals surface area contributed by atoms with Crippen molar-refractivity contribution < 1.29 is 27.2 Å². The molecule has 7 nitrogen and oxygen atoms in total. The number of aryl methyl sites for hydroxylation is 1. The summed E-state index contributed by atoms with van der Waals surface area (Å²) in [6.45, 7) is 3.71. The fourth-order valence-corrected chi connectivity index (χ4v) is 3.73. The average molecular weight is 496 g/mol. The van der Waals surface area contributed by atoms with Gasteiger partial charge in [-0.05, 0) is 61.9 Å². The van der Waals surface area contributed by atoms with Crippen LogP contribution in [-0.2, 0) is 23.9 Å². The Labute approximate surface area is 204 Å². The maximum atomic E-state index is 13.1. The summed E-state index contributed by atoms with van der Waals surface area (Å²) in [6.07, 6.45) is -3.01. The molecule has 0 unspecified atom stereocenters. The largest absolute Gasteiger partial charge is 0.459 e. The normalized spacial score (nSPS) is 11.4. The Hall–Kier alpha value is -4.34. The number of nitrogens with zero attached hydrogens (tertiary/aromatic N) is 2. The van der Waals surface area contributed by atoms with Gasteiger partial charge in [-0.3, -0.25) is 9.59 Å². The van der Waals surface area contributed by atoms with Crippen molar-refractivity contribution in [2.45, 2.75) is 33.0 Å².